The Hall–Kier alpha value is -2.93. The number of benzene rings is 1. The number of fused-ring (bicyclic) bond motifs is 1. The maximum Gasteiger partial charge on any atom is 0.216 e. The minimum Gasteiger partial charge on any atom is -0.388 e. The van der Waals surface area contributed by atoms with Crippen molar-refractivity contribution >= 4 is 54.6 Å². The number of nitrogens with two attached hydrogens (primary N) is 2. The van der Waals surface area contributed by atoms with Gasteiger partial charge in [-0.05, 0) is 56.9 Å². The van der Waals surface area contributed by atoms with E-state index in [1.165, 1.54) is 16.9 Å². The molecule has 0 spiro atoms. The van der Waals surface area contributed by atoms with Crippen LogP contribution in [0.4, 0.5) is 5.13 Å². The van der Waals surface area contributed by atoms with E-state index < -0.39 is 15.3 Å². The molecule has 3 aromatic heterocycles. The van der Waals surface area contributed by atoms with Crippen LogP contribution in [0.15, 0.2) is 42.6 Å². The van der Waals surface area contributed by atoms with E-state index in [0.717, 1.165) is 52.9 Å². The molecule has 0 saturated carbocycles. The molecule has 1 saturated heterocycles. The van der Waals surface area contributed by atoms with Gasteiger partial charge in [-0.15, -0.1) is 10.2 Å². The van der Waals surface area contributed by atoms with Crippen LogP contribution in [0.3, 0.4) is 0 Å². The van der Waals surface area contributed by atoms with Gasteiger partial charge in [-0.1, -0.05) is 41.8 Å². The quantitative estimate of drug-likeness (QED) is 0.305. The summed E-state index contributed by atoms with van der Waals surface area (Å²) >= 11 is 6.58. The van der Waals surface area contributed by atoms with Gasteiger partial charge >= 0.3 is 0 Å². The van der Waals surface area contributed by atoms with Crippen molar-refractivity contribution in [2.75, 3.05) is 18.8 Å². The van der Waals surface area contributed by atoms with Gasteiger partial charge in [0.15, 0.2) is 0 Å². The maximum absolute atomic E-state index is 12.7. The van der Waals surface area contributed by atoms with Gasteiger partial charge in [0.25, 0.3) is 0 Å². The lowest BCUT2D eigenvalue weighted by atomic mass is 10.0. The molecule has 0 aliphatic carbocycles. The summed E-state index contributed by atoms with van der Waals surface area (Å²) in [5, 5.41) is 10.1. The van der Waals surface area contributed by atoms with Gasteiger partial charge < -0.3 is 16.0 Å². The fourth-order valence-electron chi connectivity index (χ4n) is 4.97. The molecule has 38 heavy (non-hydrogen) atoms. The Balaban J connectivity index is 1.51. The highest BCUT2D eigenvalue weighted by Crippen LogP contribution is 2.36. The third kappa shape index (κ3) is 5.31. The lowest BCUT2D eigenvalue weighted by Crippen LogP contribution is -2.42. The average Bonchev–Trinajstić information content (AvgIpc) is 3.50. The Morgan fingerprint density at radius 3 is 2.58 bits per heavy atom. The van der Waals surface area contributed by atoms with Crippen molar-refractivity contribution in [3.8, 4) is 11.3 Å². The van der Waals surface area contributed by atoms with Crippen molar-refractivity contribution in [2.24, 2.45) is 5.73 Å². The maximum atomic E-state index is 12.7. The Kier molecular flexibility index (Phi) is 7.49. The van der Waals surface area contributed by atoms with Crippen molar-refractivity contribution in [2.45, 2.75) is 50.8 Å². The van der Waals surface area contributed by atoms with Gasteiger partial charge in [0.05, 0.1) is 16.6 Å². The largest absolute Gasteiger partial charge is 0.388 e. The van der Waals surface area contributed by atoms with E-state index in [9.17, 15) is 8.42 Å². The molecule has 0 unspecified atom stereocenters. The molecule has 0 radical (unpaired) electrons. The summed E-state index contributed by atoms with van der Waals surface area (Å²) in [6.45, 7) is 4.49. The summed E-state index contributed by atoms with van der Waals surface area (Å²) in [6, 6.07) is 12.4. The Labute approximate surface area is 231 Å². The molecule has 200 valence electrons. The molecule has 4 N–H and O–H groups in total. The van der Waals surface area contributed by atoms with Crippen LogP contribution in [0.2, 0.25) is 0 Å². The van der Waals surface area contributed by atoms with Crippen molar-refractivity contribution < 1.29 is 8.42 Å². The normalized spacial score (nSPS) is 15.4. The minimum atomic E-state index is -3.27. The standard InChI is InChI=1S/C26H31N7O2S3/c1-16(2)38(34,35)32-12-10-18(11-13-32)33-15-20(21-4-3-5-22(29-21)25(27)36)19-8-6-17(14-23(19)33)7-9-24-30-31-26(28)37-24/h3-6,8,14-16,18H,7,9-13H2,1-2H3,(H2,27,36)(H2,28,31). The number of hydrogen-bond donors (Lipinski definition) is 2. The smallest absolute Gasteiger partial charge is 0.216 e. The van der Waals surface area contributed by atoms with E-state index in [1.807, 2.05) is 18.2 Å². The van der Waals surface area contributed by atoms with Crippen molar-refractivity contribution in [1.82, 2.24) is 24.1 Å². The number of nitrogen functional groups attached to an aromatic ring is 1. The average molecular weight is 570 g/mol. The molecule has 1 aliphatic heterocycles. The van der Waals surface area contributed by atoms with Gasteiger partial charge in [-0.3, -0.25) is 0 Å². The zero-order valence-corrected chi connectivity index (χ0v) is 23.8. The molecule has 0 bridgehead atoms. The second-order valence-electron chi connectivity index (χ2n) is 9.83. The highest BCUT2D eigenvalue weighted by molar-refractivity contribution is 7.89. The predicted molar refractivity (Wildman–Crippen MR) is 157 cm³/mol. The molecule has 1 aromatic carbocycles. The first-order valence-electron chi connectivity index (χ1n) is 12.6. The monoisotopic (exact) mass is 569 g/mol. The van der Waals surface area contributed by atoms with Crippen LogP contribution >= 0.6 is 23.6 Å². The fourth-order valence-corrected chi connectivity index (χ4v) is 7.01. The van der Waals surface area contributed by atoms with E-state index in [4.69, 9.17) is 28.7 Å². The summed E-state index contributed by atoms with van der Waals surface area (Å²) in [7, 11) is -3.27. The van der Waals surface area contributed by atoms with Crippen LogP contribution in [0.1, 0.15) is 49.0 Å². The van der Waals surface area contributed by atoms with Gasteiger partial charge in [0.1, 0.15) is 10.00 Å². The van der Waals surface area contributed by atoms with Crippen LogP contribution < -0.4 is 11.5 Å². The molecule has 1 aliphatic rings. The van der Waals surface area contributed by atoms with Crippen molar-refractivity contribution in [3.05, 3.63) is 58.9 Å². The molecule has 4 heterocycles. The Bertz CT molecular complexity index is 1590. The van der Waals surface area contributed by atoms with E-state index in [-0.39, 0.29) is 11.0 Å². The van der Waals surface area contributed by atoms with Crippen LogP contribution in [0.5, 0.6) is 0 Å². The second-order valence-corrected chi connectivity index (χ2v) is 13.9. The van der Waals surface area contributed by atoms with E-state index >= 15 is 0 Å². The van der Waals surface area contributed by atoms with Crippen LogP contribution in [-0.4, -0.2) is 55.8 Å². The first-order chi connectivity index (χ1) is 18.1. The summed E-state index contributed by atoms with van der Waals surface area (Å²) in [4.78, 5) is 4.98. The number of pyridine rings is 1. The summed E-state index contributed by atoms with van der Waals surface area (Å²) < 4.78 is 29.4. The Morgan fingerprint density at radius 1 is 1.16 bits per heavy atom. The number of rotatable bonds is 8. The Morgan fingerprint density at radius 2 is 1.92 bits per heavy atom. The first kappa shape index (κ1) is 26.7. The highest BCUT2D eigenvalue weighted by Gasteiger charge is 2.31. The molecule has 12 heteroatoms. The minimum absolute atomic E-state index is 0.168. The molecule has 4 aromatic rings. The molecule has 9 nitrogen and oxygen atoms in total. The predicted octanol–water partition coefficient (Wildman–Crippen LogP) is 3.93. The van der Waals surface area contributed by atoms with Crippen LogP contribution in [0.25, 0.3) is 22.2 Å². The number of sulfonamides is 1. The van der Waals surface area contributed by atoms with E-state index in [2.05, 4.69) is 39.2 Å². The zero-order valence-electron chi connectivity index (χ0n) is 21.4. The third-order valence-corrected chi connectivity index (χ3v) is 10.4. The number of thiocarbonyl (C=S) groups is 1. The zero-order chi connectivity index (χ0) is 27.0. The first-order valence-corrected chi connectivity index (χ1v) is 15.3. The highest BCUT2D eigenvalue weighted by atomic mass is 32.2. The topological polar surface area (TPSA) is 133 Å². The number of aryl methyl sites for hydroxylation is 2. The van der Waals surface area contributed by atoms with Crippen LogP contribution in [-0.2, 0) is 22.9 Å². The lowest BCUT2D eigenvalue weighted by molar-refractivity contribution is 0.276. The summed E-state index contributed by atoms with van der Waals surface area (Å²) in [5.41, 5.74) is 16.3. The molecular formula is C26H31N7O2S3. The van der Waals surface area contributed by atoms with Crippen molar-refractivity contribution in [1.29, 1.82) is 0 Å². The van der Waals surface area contributed by atoms with Gasteiger partial charge in [0.2, 0.25) is 15.2 Å². The van der Waals surface area contributed by atoms with E-state index in [1.54, 1.807) is 18.2 Å². The van der Waals surface area contributed by atoms with Gasteiger partial charge in [0, 0.05) is 48.2 Å². The number of piperidine rings is 1. The molecule has 0 amide bonds. The molecule has 1 fully saturated rings. The summed E-state index contributed by atoms with van der Waals surface area (Å²) in [5.74, 6) is 0. The van der Waals surface area contributed by atoms with Gasteiger partial charge in [-0.25, -0.2) is 17.7 Å². The van der Waals surface area contributed by atoms with E-state index in [0.29, 0.717) is 23.9 Å². The number of anilines is 1. The number of hydrogen-bond acceptors (Lipinski definition) is 8. The fraction of sp³-hybridized carbons (Fsp3) is 0.385. The number of nitrogens with zero attached hydrogens (tertiary/aromatic N) is 5. The molecular weight excluding hydrogens is 539 g/mol. The van der Waals surface area contributed by atoms with Crippen molar-refractivity contribution in [3.63, 3.8) is 0 Å². The van der Waals surface area contributed by atoms with Crippen LogP contribution in [0, 0.1) is 0 Å². The third-order valence-electron chi connectivity index (χ3n) is 7.06. The molecule has 5 rings (SSSR count). The SMILES string of the molecule is CC(C)S(=O)(=O)N1CCC(n2cc(-c3cccc(C(N)=S)n3)c3ccc(CCc4nnc(N)s4)cc32)CC1. The second kappa shape index (κ2) is 10.7. The number of aromatic nitrogens is 4. The summed E-state index contributed by atoms with van der Waals surface area (Å²) in [6.07, 6.45) is 5.19. The molecule has 0 atom stereocenters. The lowest BCUT2D eigenvalue weighted by Gasteiger charge is -2.33. The van der Waals surface area contributed by atoms with Gasteiger partial charge in [-0.2, -0.15) is 0 Å².